The van der Waals surface area contributed by atoms with Crippen LogP contribution in [0.1, 0.15) is 18.9 Å². The van der Waals surface area contributed by atoms with Crippen molar-refractivity contribution >= 4 is 40.7 Å². The quantitative estimate of drug-likeness (QED) is 0.496. The molecule has 0 aliphatic heterocycles. The van der Waals surface area contributed by atoms with Crippen LogP contribution in [0.25, 0.3) is 10.4 Å². The zero-order valence-electron chi connectivity index (χ0n) is 15.1. The third-order valence-corrected chi connectivity index (χ3v) is 5.33. The third-order valence-electron chi connectivity index (χ3n) is 4.04. The normalized spacial score (nSPS) is 10.5. The summed E-state index contributed by atoms with van der Waals surface area (Å²) in [6.07, 6.45) is -1.15. The van der Waals surface area contributed by atoms with Gasteiger partial charge in [0.25, 0.3) is 0 Å². The molecular weight excluding hydrogens is 398 g/mol. The number of nitrogens with zero attached hydrogens (tertiary/aromatic N) is 1. The second kappa shape index (κ2) is 8.91. The van der Waals surface area contributed by atoms with Gasteiger partial charge < -0.3 is 14.7 Å². The van der Waals surface area contributed by atoms with E-state index in [1.807, 2.05) is 42.5 Å². The molecule has 5 nitrogen and oxygen atoms in total. The van der Waals surface area contributed by atoms with Crippen LogP contribution < -0.4 is 9.64 Å². The minimum absolute atomic E-state index is 0.146. The summed E-state index contributed by atoms with van der Waals surface area (Å²) in [5.74, 6) is -0.146. The van der Waals surface area contributed by atoms with Gasteiger partial charge in [0, 0.05) is 16.3 Å². The molecule has 0 aliphatic carbocycles. The predicted octanol–water partition coefficient (Wildman–Crippen LogP) is 6.07. The fourth-order valence-electron chi connectivity index (χ4n) is 2.77. The Kier molecular flexibility index (Phi) is 6.34. The number of hydrogen-bond acceptors (Lipinski definition) is 4. The molecule has 7 heteroatoms. The number of carboxylic acid groups (broad SMARTS) is 1. The van der Waals surface area contributed by atoms with Gasteiger partial charge in [0.1, 0.15) is 0 Å². The predicted molar refractivity (Wildman–Crippen MR) is 111 cm³/mol. The highest BCUT2D eigenvalue weighted by Gasteiger charge is 2.24. The molecule has 3 rings (SSSR count). The highest BCUT2D eigenvalue weighted by molar-refractivity contribution is 7.18. The Morgan fingerprint density at radius 3 is 2.50 bits per heavy atom. The Bertz CT molecular complexity index is 987. The number of ether oxygens (including phenoxy) is 1. The van der Waals surface area contributed by atoms with Crippen LogP contribution in [0.5, 0.6) is 5.06 Å². The Morgan fingerprint density at radius 2 is 1.86 bits per heavy atom. The number of carbonyl (C=O) groups is 2. The van der Waals surface area contributed by atoms with Crippen molar-refractivity contribution in [3.63, 3.8) is 0 Å². The molecule has 144 valence electrons. The molecule has 0 aliphatic rings. The molecule has 0 spiro atoms. The van der Waals surface area contributed by atoms with E-state index in [-0.39, 0.29) is 23.9 Å². The van der Waals surface area contributed by atoms with Crippen LogP contribution in [-0.2, 0) is 11.3 Å². The molecule has 3 aromatic rings. The third kappa shape index (κ3) is 4.71. The summed E-state index contributed by atoms with van der Waals surface area (Å²) >= 11 is 7.26. The van der Waals surface area contributed by atoms with Crippen molar-refractivity contribution in [3.8, 4) is 15.5 Å². The van der Waals surface area contributed by atoms with Crippen molar-refractivity contribution < 1.29 is 19.4 Å². The number of anilines is 1. The topological polar surface area (TPSA) is 66.8 Å². The van der Waals surface area contributed by atoms with Crippen molar-refractivity contribution in [1.29, 1.82) is 0 Å². The maximum Gasteiger partial charge on any atom is 0.512 e. The van der Waals surface area contributed by atoms with Gasteiger partial charge in [-0.05, 0) is 29.3 Å². The van der Waals surface area contributed by atoms with E-state index < -0.39 is 6.16 Å². The van der Waals surface area contributed by atoms with Crippen molar-refractivity contribution in [2.45, 2.75) is 19.9 Å². The molecule has 0 atom stereocenters. The first kappa shape index (κ1) is 19.9. The highest BCUT2D eigenvalue weighted by atomic mass is 35.5. The van der Waals surface area contributed by atoms with E-state index in [1.54, 1.807) is 25.1 Å². The molecule has 0 fully saturated rings. The molecule has 1 aromatic heterocycles. The fourth-order valence-corrected chi connectivity index (χ4v) is 3.99. The monoisotopic (exact) mass is 415 g/mol. The molecule has 0 saturated carbocycles. The van der Waals surface area contributed by atoms with Crippen LogP contribution >= 0.6 is 22.9 Å². The molecule has 1 N–H and O–H groups in total. The summed E-state index contributed by atoms with van der Waals surface area (Å²) in [5, 5.41) is 9.87. The molecule has 1 heterocycles. The largest absolute Gasteiger partial charge is 0.512 e. The van der Waals surface area contributed by atoms with E-state index in [0.29, 0.717) is 10.7 Å². The SMILES string of the molecule is CCC(=O)N(Cc1cccc(Cl)c1)c1cc(-c2ccccc2)sc1OC(=O)O. The van der Waals surface area contributed by atoms with Crippen LogP contribution in [0.15, 0.2) is 60.7 Å². The van der Waals surface area contributed by atoms with Gasteiger partial charge in [-0.25, -0.2) is 4.79 Å². The lowest BCUT2D eigenvalue weighted by atomic mass is 10.1. The Balaban J connectivity index is 2.05. The minimum atomic E-state index is -1.42. The van der Waals surface area contributed by atoms with Crippen LogP contribution in [0.3, 0.4) is 0 Å². The molecule has 28 heavy (non-hydrogen) atoms. The van der Waals surface area contributed by atoms with Crippen molar-refractivity contribution in [2.24, 2.45) is 0 Å². The van der Waals surface area contributed by atoms with Gasteiger partial charge in [-0.15, -0.1) is 0 Å². The lowest BCUT2D eigenvalue weighted by molar-refractivity contribution is -0.118. The maximum atomic E-state index is 12.7. The average Bonchev–Trinajstić information content (AvgIpc) is 3.09. The second-order valence-electron chi connectivity index (χ2n) is 5.98. The van der Waals surface area contributed by atoms with E-state index >= 15 is 0 Å². The first-order valence-corrected chi connectivity index (χ1v) is 9.82. The Labute approximate surface area is 171 Å². The van der Waals surface area contributed by atoms with E-state index in [2.05, 4.69) is 0 Å². The minimum Gasteiger partial charge on any atom is -0.449 e. The van der Waals surface area contributed by atoms with E-state index in [0.717, 1.165) is 16.0 Å². The van der Waals surface area contributed by atoms with Crippen molar-refractivity contribution in [3.05, 3.63) is 71.2 Å². The fraction of sp³-hybridized carbons (Fsp3) is 0.143. The maximum absolute atomic E-state index is 12.7. The van der Waals surface area contributed by atoms with E-state index in [9.17, 15) is 9.59 Å². The van der Waals surface area contributed by atoms with Crippen molar-refractivity contribution in [2.75, 3.05) is 4.90 Å². The smallest absolute Gasteiger partial charge is 0.449 e. The molecular formula is C21H18ClNO4S. The van der Waals surface area contributed by atoms with Crippen molar-refractivity contribution in [1.82, 2.24) is 0 Å². The van der Waals surface area contributed by atoms with Crippen LogP contribution in [0.2, 0.25) is 5.02 Å². The van der Waals surface area contributed by atoms with Gasteiger partial charge in [0.15, 0.2) is 0 Å². The molecule has 1 amide bonds. The molecule has 0 unspecified atom stereocenters. The zero-order chi connectivity index (χ0) is 20.1. The highest BCUT2D eigenvalue weighted by Crippen LogP contribution is 2.43. The van der Waals surface area contributed by atoms with Crippen LogP contribution in [0.4, 0.5) is 10.5 Å². The van der Waals surface area contributed by atoms with Crippen LogP contribution in [-0.4, -0.2) is 17.2 Å². The van der Waals surface area contributed by atoms with Gasteiger partial charge in [-0.2, -0.15) is 0 Å². The summed E-state index contributed by atoms with van der Waals surface area (Å²) in [5.41, 5.74) is 2.18. The summed E-state index contributed by atoms with van der Waals surface area (Å²) < 4.78 is 5.00. The first-order chi connectivity index (χ1) is 13.5. The van der Waals surface area contributed by atoms with Gasteiger partial charge in [-0.1, -0.05) is 72.3 Å². The number of carbonyl (C=O) groups excluding carboxylic acids is 1. The average molecular weight is 416 g/mol. The Hall–Kier alpha value is -2.83. The van der Waals surface area contributed by atoms with Gasteiger partial charge in [0.2, 0.25) is 11.0 Å². The molecule has 0 radical (unpaired) electrons. The summed E-state index contributed by atoms with van der Waals surface area (Å²) in [6.45, 7) is 2.02. The number of halogens is 1. The van der Waals surface area contributed by atoms with Gasteiger partial charge >= 0.3 is 6.16 Å². The van der Waals surface area contributed by atoms with Crippen LogP contribution in [0, 0.1) is 0 Å². The lowest BCUT2D eigenvalue weighted by Gasteiger charge is -2.22. The summed E-state index contributed by atoms with van der Waals surface area (Å²) in [7, 11) is 0. The number of rotatable bonds is 6. The summed E-state index contributed by atoms with van der Waals surface area (Å²) in [6, 6.07) is 18.5. The van der Waals surface area contributed by atoms with E-state index in [1.165, 1.54) is 16.2 Å². The zero-order valence-corrected chi connectivity index (χ0v) is 16.7. The molecule has 0 saturated heterocycles. The van der Waals surface area contributed by atoms with E-state index in [4.69, 9.17) is 21.4 Å². The lowest BCUT2D eigenvalue weighted by Crippen LogP contribution is -2.29. The molecule has 2 aromatic carbocycles. The standard InChI is InChI=1S/C21H18ClNO4S/c1-2-19(24)23(13-14-7-6-10-16(22)11-14)17-12-18(15-8-4-3-5-9-15)28-20(17)27-21(25)26/h3-12H,2,13H2,1H3,(H,25,26). The number of thiophene rings is 1. The number of hydrogen-bond donors (Lipinski definition) is 1. The van der Waals surface area contributed by atoms with Gasteiger partial charge in [0.05, 0.1) is 12.2 Å². The van der Waals surface area contributed by atoms with Gasteiger partial charge in [-0.3, -0.25) is 4.79 Å². The summed E-state index contributed by atoms with van der Waals surface area (Å²) in [4.78, 5) is 26.2. The Morgan fingerprint density at radius 1 is 1.11 bits per heavy atom. The number of amides is 1. The number of benzene rings is 2. The first-order valence-electron chi connectivity index (χ1n) is 8.62. The molecule has 0 bridgehead atoms. The second-order valence-corrected chi connectivity index (χ2v) is 7.43.